The van der Waals surface area contributed by atoms with E-state index in [-0.39, 0.29) is 18.7 Å². The third-order valence-corrected chi connectivity index (χ3v) is 5.29. The lowest BCUT2D eigenvalue weighted by Gasteiger charge is -2.32. The summed E-state index contributed by atoms with van der Waals surface area (Å²) in [6, 6.07) is 22.9. The van der Waals surface area contributed by atoms with E-state index in [2.05, 4.69) is 0 Å². The molecule has 0 bridgehead atoms. The SMILES string of the molecule is CC(=O)C1=NN(c2ccccc2)C(c2ccc3c(c2)OCO3)N1c1ccc(Cl)cc1. The van der Waals surface area contributed by atoms with Crippen LogP contribution in [-0.4, -0.2) is 18.4 Å². The van der Waals surface area contributed by atoms with Crippen LogP contribution >= 0.6 is 11.6 Å². The van der Waals surface area contributed by atoms with Crippen molar-refractivity contribution in [2.45, 2.75) is 13.1 Å². The smallest absolute Gasteiger partial charge is 0.231 e. The summed E-state index contributed by atoms with van der Waals surface area (Å²) in [7, 11) is 0. The van der Waals surface area contributed by atoms with Crippen molar-refractivity contribution in [2.24, 2.45) is 5.10 Å². The van der Waals surface area contributed by atoms with Gasteiger partial charge in [0.05, 0.1) is 5.69 Å². The molecule has 0 saturated carbocycles. The van der Waals surface area contributed by atoms with Gasteiger partial charge in [-0.05, 0) is 48.5 Å². The summed E-state index contributed by atoms with van der Waals surface area (Å²) >= 11 is 6.10. The molecular formula is C23H18ClN3O3. The summed E-state index contributed by atoms with van der Waals surface area (Å²) < 4.78 is 11.1. The maximum atomic E-state index is 12.6. The Kier molecular flexibility index (Phi) is 4.56. The molecule has 2 heterocycles. The topological polar surface area (TPSA) is 54.4 Å². The number of carbonyl (C=O) groups is 1. The number of hydrogen-bond donors (Lipinski definition) is 0. The van der Waals surface area contributed by atoms with Gasteiger partial charge in [-0.25, -0.2) is 5.01 Å². The fourth-order valence-electron chi connectivity index (χ4n) is 3.68. The average molecular weight is 420 g/mol. The number of carbonyl (C=O) groups excluding carboxylic acids is 1. The van der Waals surface area contributed by atoms with Crippen LogP contribution in [0.4, 0.5) is 11.4 Å². The number of rotatable bonds is 4. The van der Waals surface area contributed by atoms with Gasteiger partial charge in [0.2, 0.25) is 6.79 Å². The minimum atomic E-state index is -0.387. The van der Waals surface area contributed by atoms with E-state index < -0.39 is 0 Å². The zero-order valence-corrected chi connectivity index (χ0v) is 16.9. The van der Waals surface area contributed by atoms with Gasteiger partial charge >= 0.3 is 0 Å². The van der Waals surface area contributed by atoms with Crippen LogP contribution in [0.3, 0.4) is 0 Å². The number of fused-ring (bicyclic) bond motifs is 1. The number of Topliss-reactive ketones (excluding diaryl/α,β-unsaturated/α-hetero) is 1. The lowest BCUT2D eigenvalue weighted by Crippen LogP contribution is -2.37. The Bertz CT molecular complexity index is 1130. The molecule has 3 aromatic rings. The van der Waals surface area contributed by atoms with Crippen LogP contribution in [0.5, 0.6) is 11.5 Å². The Balaban J connectivity index is 1.68. The molecular weight excluding hydrogens is 402 g/mol. The number of amidine groups is 1. The molecule has 2 aliphatic heterocycles. The number of ketones is 1. The molecule has 0 N–H and O–H groups in total. The van der Waals surface area contributed by atoms with Crippen molar-refractivity contribution < 1.29 is 14.3 Å². The second-order valence-corrected chi connectivity index (χ2v) is 7.43. The third kappa shape index (κ3) is 3.15. The number of para-hydroxylation sites is 1. The van der Waals surface area contributed by atoms with E-state index in [9.17, 15) is 4.79 Å². The molecule has 7 heteroatoms. The van der Waals surface area contributed by atoms with Gasteiger partial charge in [0.25, 0.3) is 0 Å². The van der Waals surface area contributed by atoms with Crippen molar-refractivity contribution in [3.63, 3.8) is 0 Å². The van der Waals surface area contributed by atoms with Gasteiger partial charge in [-0.1, -0.05) is 35.9 Å². The molecule has 5 rings (SSSR count). The summed E-state index contributed by atoms with van der Waals surface area (Å²) in [5.74, 6) is 1.60. The number of hydrazone groups is 1. The summed E-state index contributed by atoms with van der Waals surface area (Å²) in [5, 5.41) is 7.18. The van der Waals surface area contributed by atoms with Crippen molar-refractivity contribution in [3.8, 4) is 11.5 Å². The van der Waals surface area contributed by atoms with E-state index in [0.29, 0.717) is 22.4 Å². The lowest BCUT2D eigenvalue weighted by molar-refractivity contribution is -0.111. The van der Waals surface area contributed by atoms with Gasteiger partial charge in [-0.15, -0.1) is 5.10 Å². The zero-order valence-electron chi connectivity index (χ0n) is 16.2. The number of anilines is 2. The van der Waals surface area contributed by atoms with Gasteiger partial charge < -0.3 is 9.47 Å². The molecule has 0 aliphatic carbocycles. The van der Waals surface area contributed by atoms with E-state index in [4.69, 9.17) is 26.2 Å². The number of nitrogens with zero attached hydrogens (tertiary/aromatic N) is 3. The molecule has 0 spiro atoms. The maximum absolute atomic E-state index is 12.6. The van der Waals surface area contributed by atoms with E-state index in [1.807, 2.05) is 70.6 Å². The highest BCUT2D eigenvalue weighted by molar-refractivity contribution is 6.44. The van der Waals surface area contributed by atoms with Crippen LogP contribution < -0.4 is 19.4 Å². The zero-order chi connectivity index (χ0) is 20.7. The highest BCUT2D eigenvalue weighted by Crippen LogP contribution is 2.42. The molecule has 150 valence electrons. The van der Waals surface area contributed by atoms with Crippen molar-refractivity contribution in [3.05, 3.63) is 83.4 Å². The predicted octanol–water partition coefficient (Wildman–Crippen LogP) is 5.00. The lowest BCUT2D eigenvalue weighted by atomic mass is 10.1. The summed E-state index contributed by atoms with van der Waals surface area (Å²) in [6.07, 6.45) is -0.387. The second kappa shape index (κ2) is 7.39. The number of halogens is 1. The van der Waals surface area contributed by atoms with E-state index >= 15 is 0 Å². The Morgan fingerprint density at radius 3 is 2.43 bits per heavy atom. The summed E-state index contributed by atoms with van der Waals surface area (Å²) in [5.41, 5.74) is 2.60. The fraction of sp³-hybridized carbons (Fsp3) is 0.130. The van der Waals surface area contributed by atoms with Crippen LogP contribution in [0.15, 0.2) is 77.9 Å². The summed E-state index contributed by atoms with van der Waals surface area (Å²) in [6.45, 7) is 1.72. The molecule has 0 aromatic heterocycles. The van der Waals surface area contributed by atoms with Crippen molar-refractivity contribution in [2.75, 3.05) is 16.7 Å². The number of benzene rings is 3. The quantitative estimate of drug-likeness (QED) is 0.595. The second-order valence-electron chi connectivity index (χ2n) is 6.99. The van der Waals surface area contributed by atoms with Gasteiger partial charge in [0.1, 0.15) is 0 Å². The Morgan fingerprint density at radius 2 is 1.70 bits per heavy atom. The van der Waals surface area contributed by atoms with Gasteiger partial charge in [0.15, 0.2) is 29.3 Å². The summed E-state index contributed by atoms with van der Waals surface area (Å²) in [4.78, 5) is 14.5. The first-order valence-corrected chi connectivity index (χ1v) is 9.88. The Morgan fingerprint density at radius 1 is 0.967 bits per heavy atom. The molecule has 3 aromatic carbocycles. The molecule has 1 atom stereocenters. The molecule has 30 heavy (non-hydrogen) atoms. The minimum absolute atomic E-state index is 0.130. The predicted molar refractivity (Wildman–Crippen MR) is 116 cm³/mol. The van der Waals surface area contributed by atoms with E-state index in [0.717, 1.165) is 16.9 Å². The standard InChI is InChI=1S/C23H18ClN3O3/c1-15(28)22-25-27(19-5-3-2-4-6-19)23(26(22)18-10-8-17(24)9-11-18)16-7-12-20-21(13-16)30-14-29-20/h2-13,23H,14H2,1H3. The van der Waals surface area contributed by atoms with E-state index in [1.54, 1.807) is 12.1 Å². The van der Waals surface area contributed by atoms with Crippen LogP contribution in [-0.2, 0) is 4.79 Å². The van der Waals surface area contributed by atoms with Crippen molar-refractivity contribution in [1.82, 2.24) is 0 Å². The van der Waals surface area contributed by atoms with Gasteiger partial charge in [-0.2, -0.15) is 0 Å². The highest BCUT2D eigenvalue weighted by atomic mass is 35.5. The minimum Gasteiger partial charge on any atom is -0.454 e. The van der Waals surface area contributed by atoms with Crippen LogP contribution in [0, 0.1) is 0 Å². The van der Waals surface area contributed by atoms with Crippen LogP contribution in [0.25, 0.3) is 0 Å². The molecule has 6 nitrogen and oxygen atoms in total. The number of hydrogen-bond acceptors (Lipinski definition) is 6. The normalized spacial score (nSPS) is 17.3. The molecule has 1 unspecified atom stereocenters. The third-order valence-electron chi connectivity index (χ3n) is 5.04. The van der Waals surface area contributed by atoms with Crippen LogP contribution in [0.2, 0.25) is 5.02 Å². The highest BCUT2D eigenvalue weighted by Gasteiger charge is 2.39. The number of ether oxygens (including phenoxy) is 2. The first kappa shape index (κ1) is 18.5. The first-order valence-electron chi connectivity index (χ1n) is 9.50. The molecule has 0 amide bonds. The van der Waals surface area contributed by atoms with Crippen LogP contribution in [0.1, 0.15) is 18.7 Å². The molecule has 2 aliphatic rings. The van der Waals surface area contributed by atoms with Gasteiger partial charge in [-0.3, -0.25) is 9.69 Å². The molecule has 0 radical (unpaired) electrons. The van der Waals surface area contributed by atoms with Crippen molar-refractivity contribution in [1.29, 1.82) is 0 Å². The largest absolute Gasteiger partial charge is 0.454 e. The Hall–Kier alpha value is -3.51. The van der Waals surface area contributed by atoms with Crippen molar-refractivity contribution >= 4 is 34.6 Å². The molecule has 0 fully saturated rings. The van der Waals surface area contributed by atoms with Gasteiger partial charge in [0, 0.05) is 23.2 Å². The molecule has 0 saturated heterocycles. The average Bonchev–Trinajstić information content (AvgIpc) is 3.39. The first-order chi connectivity index (χ1) is 14.6. The Labute approximate surface area is 178 Å². The maximum Gasteiger partial charge on any atom is 0.231 e. The monoisotopic (exact) mass is 419 g/mol. The fourth-order valence-corrected chi connectivity index (χ4v) is 3.80. The van der Waals surface area contributed by atoms with E-state index in [1.165, 1.54) is 6.92 Å².